The standard InChI is InChI=1S/C22H21N5O3/c28-20(23-10-9-15-11-24-18-7-3-1-5-16(15)18)12-25-21(29)13-27-14-26-19-8-4-2-6-17(19)22(27)30/h1-8,11,14,24H,9-10,12-13H2,(H,23,28)(H,25,29). The third-order valence-corrected chi connectivity index (χ3v) is 4.88. The second-order valence-corrected chi connectivity index (χ2v) is 6.93. The molecule has 0 atom stereocenters. The molecule has 0 spiro atoms. The van der Waals surface area contributed by atoms with E-state index in [2.05, 4.69) is 20.6 Å². The van der Waals surface area contributed by atoms with Crippen molar-refractivity contribution in [2.24, 2.45) is 0 Å². The molecule has 0 saturated heterocycles. The minimum atomic E-state index is -0.430. The smallest absolute Gasteiger partial charge is 0.261 e. The number of nitrogens with zero attached hydrogens (tertiary/aromatic N) is 2. The van der Waals surface area contributed by atoms with Gasteiger partial charge in [-0.2, -0.15) is 0 Å². The molecule has 4 aromatic rings. The number of aromatic amines is 1. The van der Waals surface area contributed by atoms with Crippen molar-refractivity contribution in [3.8, 4) is 0 Å². The summed E-state index contributed by atoms with van der Waals surface area (Å²) >= 11 is 0. The van der Waals surface area contributed by atoms with E-state index >= 15 is 0 Å². The van der Waals surface area contributed by atoms with Gasteiger partial charge in [0, 0.05) is 23.6 Å². The minimum absolute atomic E-state index is 0.150. The summed E-state index contributed by atoms with van der Waals surface area (Å²) in [5, 5.41) is 6.91. The molecule has 0 fully saturated rings. The van der Waals surface area contributed by atoms with Gasteiger partial charge in [-0.15, -0.1) is 0 Å². The zero-order valence-corrected chi connectivity index (χ0v) is 16.2. The van der Waals surface area contributed by atoms with Gasteiger partial charge in [-0.05, 0) is 30.2 Å². The van der Waals surface area contributed by atoms with Gasteiger partial charge in [0.05, 0.1) is 23.8 Å². The summed E-state index contributed by atoms with van der Waals surface area (Å²) < 4.78 is 1.23. The molecule has 8 heteroatoms. The average molecular weight is 403 g/mol. The topological polar surface area (TPSA) is 109 Å². The van der Waals surface area contributed by atoms with E-state index in [1.54, 1.807) is 24.3 Å². The second-order valence-electron chi connectivity index (χ2n) is 6.93. The Morgan fingerprint density at radius 3 is 2.60 bits per heavy atom. The van der Waals surface area contributed by atoms with Crippen LogP contribution in [0.15, 0.2) is 65.8 Å². The highest BCUT2D eigenvalue weighted by Gasteiger charge is 2.10. The fourth-order valence-electron chi connectivity index (χ4n) is 3.35. The number of hydrogen-bond acceptors (Lipinski definition) is 4. The molecule has 2 amide bonds. The lowest BCUT2D eigenvalue weighted by atomic mass is 10.1. The van der Waals surface area contributed by atoms with Crippen LogP contribution in [0.3, 0.4) is 0 Å². The van der Waals surface area contributed by atoms with Crippen molar-refractivity contribution in [3.05, 3.63) is 77.0 Å². The Morgan fingerprint density at radius 2 is 1.73 bits per heavy atom. The Morgan fingerprint density at radius 1 is 0.967 bits per heavy atom. The Kier molecular flexibility index (Phi) is 5.56. The van der Waals surface area contributed by atoms with Crippen LogP contribution in [0.1, 0.15) is 5.56 Å². The summed E-state index contributed by atoms with van der Waals surface area (Å²) in [7, 11) is 0. The van der Waals surface area contributed by atoms with Gasteiger partial charge in [0.15, 0.2) is 0 Å². The van der Waals surface area contributed by atoms with Crippen molar-refractivity contribution in [2.75, 3.05) is 13.1 Å². The molecule has 8 nitrogen and oxygen atoms in total. The maximum atomic E-state index is 12.4. The Bertz CT molecular complexity index is 1270. The van der Waals surface area contributed by atoms with Crippen LogP contribution in [0, 0.1) is 0 Å². The van der Waals surface area contributed by atoms with Crippen molar-refractivity contribution >= 4 is 33.6 Å². The van der Waals surface area contributed by atoms with E-state index in [9.17, 15) is 14.4 Å². The minimum Gasteiger partial charge on any atom is -0.361 e. The molecule has 3 N–H and O–H groups in total. The average Bonchev–Trinajstić information content (AvgIpc) is 3.18. The number of para-hydroxylation sites is 2. The molecule has 0 saturated carbocycles. The molecule has 2 aromatic heterocycles. The quantitative estimate of drug-likeness (QED) is 0.433. The molecule has 2 aromatic carbocycles. The lowest BCUT2D eigenvalue weighted by Crippen LogP contribution is -2.40. The lowest BCUT2D eigenvalue weighted by Gasteiger charge is -2.08. The largest absolute Gasteiger partial charge is 0.361 e. The first-order chi connectivity index (χ1) is 14.6. The van der Waals surface area contributed by atoms with Gasteiger partial charge in [-0.25, -0.2) is 4.98 Å². The number of hydrogen-bond donors (Lipinski definition) is 3. The van der Waals surface area contributed by atoms with Crippen LogP contribution in [0.5, 0.6) is 0 Å². The van der Waals surface area contributed by atoms with Crippen LogP contribution in [-0.4, -0.2) is 39.4 Å². The first-order valence-corrected chi connectivity index (χ1v) is 9.64. The van der Waals surface area contributed by atoms with E-state index in [1.165, 1.54) is 10.9 Å². The van der Waals surface area contributed by atoms with Gasteiger partial charge in [0.25, 0.3) is 5.56 Å². The number of fused-ring (bicyclic) bond motifs is 2. The predicted octanol–water partition coefficient (Wildman–Crippen LogP) is 1.35. The molecule has 4 rings (SSSR count). The maximum Gasteiger partial charge on any atom is 0.261 e. The fourth-order valence-corrected chi connectivity index (χ4v) is 3.35. The molecule has 0 aliphatic carbocycles. The molecule has 152 valence electrons. The van der Waals surface area contributed by atoms with Gasteiger partial charge in [0.2, 0.25) is 11.8 Å². The van der Waals surface area contributed by atoms with Gasteiger partial charge in [-0.1, -0.05) is 30.3 Å². The SMILES string of the molecule is O=C(CNC(=O)Cn1cnc2ccccc2c1=O)NCCc1c[nH]c2ccccc12. The number of amides is 2. The molecule has 0 radical (unpaired) electrons. The highest BCUT2D eigenvalue weighted by atomic mass is 16.2. The molecule has 0 unspecified atom stereocenters. The summed E-state index contributed by atoms with van der Waals surface area (Å²) in [6.07, 6.45) is 3.96. The third-order valence-electron chi connectivity index (χ3n) is 4.88. The van der Waals surface area contributed by atoms with Crippen molar-refractivity contribution in [3.63, 3.8) is 0 Å². The monoisotopic (exact) mass is 403 g/mol. The van der Waals surface area contributed by atoms with E-state index in [0.29, 0.717) is 23.9 Å². The van der Waals surface area contributed by atoms with E-state index in [1.807, 2.05) is 30.5 Å². The lowest BCUT2D eigenvalue weighted by molar-refractivity contribution is -0.126. The number of carbonyl (C=O) groups is 2. The molecule has 2 heterocycles. The fraction of sp³-hybridized carbons (Fsp3) is 0.182. The Labute approximate surface area is 171 Å². The number of nitrogens with one attached hydrogen (secondary N) is 3. The van der Waals surface area contributed by atoms with Crippen LogP contribution in [-0.2, 0) is 22.6 Å². The van der Waals surface area contributed by atoms with E-state index in [4.69, 9.17) is 0 Å². The Hall–Kier alpha value is -3.94. The van der Waals surface area contributed by atoms with Gasteiger partial charge in [-0.3, -0.25) is 19.0 Å². The number of aromatic nitrogens is 3. The summed E-state index contributed by atoms with van der Waals surface area (Å²) in [6, 6.07) is 14.9. The van der Waals surface area contributed by atoms with Gasteiger partial charge >= 0.3 is 0 Å². The molecule has 30 heavy (non-hydrogen) atoms. The number of benzene rings is 2. The number of carbonyl (C=O) groups excluding carboxylic acids is 2. The molecular formula is C22H21N5O3. The zero-order chi connectivity index (χ0) is 20.9. The van der Waals surface area contributed by atoms with Crippen molar-refractivity contribution in [2.45, 2.75) is 13.0 Å². The van der Waals surface area contributed by atoms with Crippen molar-refractivity contribution in [1.29, 1.82) is 0 Å². The highest BCUT2D eigenvalue weighted by Crippen LogP contribution is 2.17. The van der Waals surface area contributed by atoms with Crippen molar-refractivity contribution in [1.82, 2.24) is 25.2 Å². The van der Waals surface area contributed by atoms with Crippen LogP contribution >= 0.6 is 0 Å². The first kappa shape index (κ1) is 19.4. The van der Waals surface area contributed by atoms with E-state index in [0.717, 1.165) is 16.5 Å². The maximum absolute atomic E-state index is 12.4. The second kappa shape index (κ2) is 8.60. The molecular weight excluding hydrogens is 382 g/mol. The van der Waals surface area contributed by atoms with Crippen LogP contribution < -0.4 is 16.2 Å². The molecule has 0 aliphatic heterocycles. The summed E-state index contributed by atoms with van der Waals surface area (Å²) in [5.41, 5.74) is 2.47. The summed E-state index contributed by atoms with van der Waals surface area (Å²) in [4.78, 5) is 43.9. The van der Waals surface area contributed by atoms with Crippen LogP contribution in [0.4, 0.5) is 0 Å². The summed E-state index contributed by atoms with van der Waals surface area (Å²) in [5.74, 6) is -0.715. The zero-order valence-electron chi connectivity index (χ0n) is 16.2. The van der Waals surface area contributed by atoms with Crippen LogP contribution in [0.2, 0.25) is 0 Å². The van der Waals surface area contributed by atoms with E-state index in [-0.39, 0.29) is 24.6 Å². The number of H-pyrrole nitrogens is 1. The van der Waals surface area contributed by atoms with E-state index < -0.39 is 5.91 Å². The normalized spacial score (nSPS) is 10.9. The summed E-state index contributed by atoms with van der Waals surface area (Å²) in [6.45, 7) is 0.117. The molecule has 0 bridgehead atoms. The Balaban J connectivity index is 1.25. The third kappa shape index (κ3) is 4.22. The van der Waals surface area contributed by atoms with Crippen LogP contribution in [0.25, 0.3) is 21.8 Å². The van der Waals surface area contributed by atoms with Gasteiger partial charge in [0.1, 0.15) is 6.54 Å². The highest BCUT2D eigenvalue weighted by molar-refractivity contribution is 5.85. The van der Waals surface area contributed by atoms with Crippen molar-refractivity contribution < 1.29 is 9.59 Å². The predicted molar refractivity (Wildman–Crippen MR) is 114 cm³/mol. The number of rotatable bonds is 7. The molecule has 0 aliphatic rings. The van der Waals surface area contributed by atoms with Gasteiger partial charge < -0.3 is 15.6 Å². The first-order valence-electron chi connectivity index (χ1n) is 9.64.